The molecular weight excluding hydrogens is 198 g/mol. The SMILES string of the molecule is O=C1CC(CO)CN1c1ccnc(=O)[nH]1. The maximum atomic E-state index is 11.5. The number of aromatic amines is 1. The van der Waals surface area contributed by atoms with E-state index in [2.05, 4.69) is 9.97 Å². The van der Waals surface area contributed by atoms with Crippen molar-refractivity contribution < 1.29 is 9.90 Å². The highest BCUT2D eigenvalue weighted by molar-refractivity contribution is 5.94. The average molecular weight is 209 g/mol. The van der Waals surface area contributed by atoms with Crippen LogP contribution in [0, 0.1) is 5.92 Å². The lowest BCUT2D eigenvalue weighted by Crippen LogP contribution is -2.28. The van der Waals surface area contributed by atoms with Gasteiger partial charge in [-0.05, 0) is 6.07 Å². The van der Waals surface area contributed by atoms with Crippen LogP contribution in [-0.4, -0.2) is 34.1 Å². The molecule has 1 unspecified atom stereocenters. The first-order valence-electron chi connectivity index (χ1n) is 4.67. The van der Waals surface area contributed by atoms with Gasteiger partial charge in [0.1, 0.15) is 5.82 Å². The lowest BCUT2D eigenvalue weighted by atomic mass is 10.1. The van der Waals surface area contributed by atoms with E-state index in [1.165, 1.54) is 11.1 Å². The van der Waals surface area contributed by atoms with Crippen LogP contribution in [0.4, 0.5) is 5.82 Å². The molecule has 1 aliphatic rings. The molecule has 6 heteroatoms. The van der Waals surface area contributed by atoms with E-state index in [-0.39, 0.29) is 18.4 Å². The minimum Gasteiger partial charge on any atom is -0.396 e. The molecule has 2 heterocycles. The molecule has 0 aromatic carbocycles. The summed E-state index contributed by atoms with van der Waals surface area (Å²) in [5.41, 5.74) is -0.479. The minimum absolute atomic E-state index is 0.0163. The number of nitrogens with one attached hydrogen (secondary N) is 1. The molecule has 80 valence electrons. The first kappa shape index (κ1) is 9.85. The molecule has 6 nitrogen and oxygen atoms in total. The van der Waals surface area contributed by atoms with E-state index >= 15 is 0 Å². The second kappa shape index (κ2) is 3.82. The van der Waals surface area contributed by atoms with Crippen LogP contribution in [-0.2, 0) is 4.79 Å². The summed E-state index contributed by atoms with van der Waals surface area (Å²) in [5.74, 6) is 0.306. The Balaban J connectivity index is 2.25. The van der Waals surface area contributed by atoms with E-state index in [0.29, 0.717) is 18.8 Å². The van der Waals surface area contributed by atoms with Crippen LogP contribution in [0.1, 0.15) is 6.42 Å². The predicted octanol–water partition coefficient (Wildman–Crippen LogP) is -0.885. The molecule has 0 spiro atoms. The van der Waals surface area contributed by atoms with Crippen molar-refractivity contribution in [2.24, 2.45) is 5.92 Å². The summed E-state index contributed by atoms with van der Waals surface area (Å²) < 4.78 is 0. The number of carbonyl (C=O) groups excluding carboxylic acids is 1. The van der Waals surface area contributed by atoms with Crippen molar-refractivity contribution in [1.82, 2.24) is 9.97 Å². The molecule has 0 aliphatic carbocycles. The van der Waals surface area contributed by atoms with E-state index < -0.39 is 5.69 Å². The third kappa shape index (κ3) is 1.89. The summed E-state index contributed by atoms with van der Waals surface area (Å²) in [6, 6.07) is 1.57. The van der Waals surface area contributed by atoms with Gasteiger partial charge in [-0.1, -0.05) is 0 Å². The third-order valence-electron chi connectivity index (χ3n) is 2.41. The summed E-state index contributed by atoms with van der Waals surface area (Å²) in [6.07, 6.45) is 1.68. The Kier molecular flexibility index (Phi) is 2.51. The molecule has 2 N–H and O–H groups in total. The summed E-state index contributed by atoms with van der Waals surface area (Å²) in [6.45, 7) is 0.423. The van der Waals surface area contributed by atoms with Gasteiger partial charge in [-0.3, -0.25) is 14.7 Å². The second-order valence-corrected chi connectivity index (χ2v) is 3.52. The van der Waals surface area contributed by atoms with Crippen molar-refractivity contribution in [3.63, 3.8) is 0 Å². The number of hydrogen-bond acceptors (Lipinski definition) is 4. The van der Waals surface area contributed by atoms with Crippen LogP contribution in [0.15, 0.2) is 17.1 Å². The molecule has 1 atom stereocenters. The number of H-pyrrole nitrogens is 1. The smallest absolute Gasteiger partial charge is 0.346 e. The number of nitrogens with zero attached hydrogens (tertiary/aromatic N) is 2. The zero-order chi connectivity index (χ0) is 10.8. The van der Waals surface area contributed by atoms with Gasteiger partial charge in [-0.25, -0.2) is 9.78 Å². The Bertz CT molecular complexity index is 429. The van der Waals surface area contributed by atoms with Gasteiger partial charge in [0.15, 0.2) is 0 Å². The van der Waals surface area contributed by atoms with Crippen molar-refractivity contribution in [1.29, 1.82) is 0 Å². The molecule has 0 radical (unpaired) electrons. The molecule has 0 bridgehead atoms. The average Bonchev–Trinajstić information content (AvgIpc) is 2.60. The summed E-state index contributed by atoms with van der Waals surface area (Å²) >= 11 is 0. The zero-order valence-corrected chi connectivity index (χ0v) is 8.01. The van der Waals surface area contributed by atoms with Gasteiger partial charge in [-0.2, -0.15) is 0 Å². The van der Waals surface area contributed by atoms with E-state index in [0.717, 1.165) is 0 Å². The van der Waals surface area contributed by atoms with Crippen molar-refractivity contribution in [2.45, 2.75) is 6.42 Å². The number of carbonyl (C=O) groups is 1. The number of hydrogen-bond donors (Lipinski definition) is 2. The van der Waals surface area contributed by atoms with Crippen molar-refractivity contribution >= 4 is 11.7 Å². The molecule has 1 amide bonds. The molecule has 15 heavy (non-hydrogen) atoms. The third-order valence-corrected chi connectivity index (χ3v) is 2.41. The Morgan fingerprint density at radius 1 is 1.60 bits per heavy atom. The van der Waals surface area contributed by atoms with Gasteiger partial charge in [0, 0.05) is 31.7 Å². The van der Waals surface area contributed by atoms with Crippen LogP contribution >= 0.6 is 0 Å². The fourth-order valence-electron chi connectivity index (χ4n) is 1.65. The van der Waals surface area contributed by atoms with E-state index in [1.54, 1.807) is 6.07 Å². The highest BCUT2D eigenvalue weighted by Crippen LogP contribution is 2.21. The first-order chi connectivity index (χ1) is 7.20. The molecule has 2 rings (SSSR count). The monoisotopic (exact) mass is 209 g/mol. The van der Waals surface area contributed by atoms with E-state index in [4.69, 9.17) is 5.11 Å². The molecule has 0 saturated carbocycles. The molecule has 1 saturated heterocycles. The van der Waals surface area contributed by atoms with Crippen LogP contribution in [0.25, 0.3) is 0 Å². The van der Waals surface area contributed by atoms with Crippen LogP contribution in [0.2, 0.25) is 0 Å². The minimum atomic E-state index is -0.479. The van der Waals surface area contributed by atoms with Gasteiger partial charge < -0.3 is 5.11 Å². The number of aliphatic hydroxyl groups is 1. The van der Waals surface area contributed by atoms with Gasteiger partial charge in [0.05, 0.1) is 0 Å². The molecule has 1 aromatic heterocycles. The lowest BCUT2D eigenvalue weighted by molar-refractivity contribution is -0.117. The second-order valence-electron chi connectivity index (χ2n) is 3.52. The number of aliphatic hydroxyl groups excluding tert-OH is 1. The zero-order valence-electron chi connectivity index (χ0n) is 8.01. The Hall–Kier alpha value is -1.69. The normalized spacial score (nSPS) is 21.0. The van der Waals surface area contributed by atoms with Gasteiger partial charge >= 0.3 is 5.69 Å². The fourth-order valence-corrected chi connectivity index (χ4v) is 1.65. The van der Waals surface area contributed by atoms with E-state index in [9.17, 15) is 9.59 Å². The maximum absolute atomic E-state index is 11.5. The lowest BCUT2D eigenvalue weighted by Gasteiger charge is -2.14. The van der Waals surface area contributed by atoms with Gasteiger partial charge in [0.2, 0.25) is 5.91 Å². The standard InChI is InChI=1S/C9H11N3O3/c13-5-6-3-8(14)12(4-6)7-1-2-10-9(15)11-7/h1-2,6,13H,3-5H2,(H,10,11,15). The van der Waals surface area contributed by atoms with Crippen LogP contribution in [0.3, 0.4) is 0 Å². The van der Waals surface area contributed by atoms with Crippen molar-refractivity contribution in [3.05, 3.63) is 22.7 Å². The Labute approximate surface area is 85.6 Å². The number of amides is 1. The van der Waals surface area contributed by atoms with Crippen molar-refractivity contribution in [2.75, 3.05) is 18.1 Å². The first-order valence-corrected chi connectivity index (χ1v) is 4.67. The summed E-state index contributed by atoms with van der Waals surface area (Å²) in [5, 5.41) is 8.94. The number of aromatic nitrogens is 2. The number of anilines is 1. The highest BCUT2D eigenvalue weighted by Gasteiger charge is 2.30. The van der Waals surface area contributed by atoms with Crippen LogP contribution < -0.4 is 10.6 Å². The number of rotatable bonds is 2. The topological polar surface area (TPSA) is 86.3 Å². The molecule has 1 aromatic rings. The highest BCUT2D eigenvalue weighted by atomic mass is 16.3. The van der Waals surface area contributed by atoms with Crippen LogP contribution in [0.5, 0.6) is 0 Å². The Morgan fingerprint density at radius 3 is 3.00 bits per heavy atom. The molecule has 1 aliphatic heterocycles. The van der Waals surface area contributed by atoms with Gasteiger partial charge in [-0.15, -0.1) is 0 Å². The quantitative estimate of drug-likeness (QED) is 0.662. The largest absolute Gasteiger partial charge is 0.396 e. The summed E-state index contributed by atoms with van der Waals surface area (Å²) in [7, 11) is 0. The molecule has 1 fully saturated rings. The molecular formula is C9H11N3O3. The fraction of sp³-hybridized carbons (Fsp3) is 0.444. The maximum Gasteiger partial charge on any atom is 0.346 e. The van der Waals surface area contributed by atoms with E-state index in [1.807, 2.05) is 0 Å². The van der Waals surface area contributed by atoms with Crippen molar-refractivity contribution in [3.8, 4) is 0 Å². The predicted molar refractivity (Wildman–Crippen MR) is 52.4 cm³/mol. The van der Waals surface area contributed by atoms with Gasteiger partial charge in [0.25, 0.3) is 0 Å². The Morgan fingerprint density at radius 2 is 2.40 bits per heavy atom. The summed E-state index contributed by atoms with van der Waals surface area (Å²) in [4.78, 5) is 29.9.